The van der Waals surface area contributed by atoms with Crippen LogP contribution in [0.3, 0.4) is 0 Å². The number of likely N-dealkylation sites (N-methyl/N-ethyl adjacent to an activating group) is 1. The predicted octanol–water partition coefficient (Wildman–Crippen LogP) is 4.28. The highest BCUT2D eigenvalue weighted by molar-refractivity contribution is 9.10. The van der Waals surface area contributed by atoms with Gasteiger partial charge < -0.3 is 9.84 Å². The number of halogens is 2. The zero-order valence-corrected chi connectivity index (χ0v) is 14.9. The fourth-order valence-corrected chi connectivity index (χ4v) is 2.85. The molecule has 22 heavy (non-hydrogen) atoms. The van der Waals surface area contributed by atoms with Crippen molar-refractivity contribution in [2.45, 2.75) is 12.6 Å². The van der Waals surface area contributed by atoms with Gasteiger partial charge in [0.1, 0.15) is 5.75 Å². The lowest BCUT2D eigenvalue weighted by molar-refractivity contribution is 0.123. The molecule has 0 aliphatic heterocycles. The summed E-state index contributed by atoms with van der Waals surface area (Å²) in [6.45, 7) is 1.21. The van der Waals surface area contributed by atoms with Gasteiger partial charge in [-0.2, -0.15) is 0 Å². The monoisotopic (exact) mass is 383 g/mol. The Balaban J connectivity index is 2.02. The molecule has 0 saturated carbocycles. The summed E-state index contributed by atoms with van der Waals surface area (Å²) < 4.78 is 6.39. The molecule has 0 aliphatic carbocycles. The summed E-state index contributed by atoms with van der Waals surface area (Å²) in [6, 6.07) is 13.2. The van der Waals surface area contributed by atoms with E-state index in [2.05, 4.69) is 20.8 Å². The van der Waals surface area contributed by atoms with E-state index in [-0.39, 0.29) is 0 Å². The minimum Gasteiger partial charge on any atom is -0.496 e. The summed E-state index contributed by atoms with van der Waals surface area (Å²) >= 11 is 9.34. The standard InChI is InChI=1S/C17H19BrClNO2/c1-20(10-13-9-14(18)5-8-17(13)22-2)11-16(21)12-3-6-15(19)7-4-12/h3-9,16,21H,10-11H2,1-2H3. The zero-order valence-electron chi connectivity index (χ0n) is 12.6. The molecule has 0 saturated heterocycles. The Morgan fingerprint density at radius 3 is 2.55 bits per heavy atom. The Hall–Kier alpha value is -1.07. The van der Waals surface area contributed by atoms with Crippen molar-refractivity contribution >= 4 is 27.5 Å². The molecule has 0 amide bonds. The van der Waals surface area contributed by atoms with E-state index in [0.717, 1.165) is 21.3 Å². The normalized spacial score (nSPS) is 12.5. The lowest BCUT2D eigenvalue weighted by Gasteiger charge is -2.22. The zero-order chi connectivity index (χ0) is 16.1. The Labute approximate surface area is 144 Å². The summed E-state index contributed by atoms with van der Waals surface area (Å²) in [5.41, 5.74) is 1.93. The van der Waals surface area contributed by atoms with E-state index in [1.807, 2.05) is 37.4 Å². The molecule has 118 valence electrons. The van der Waals surface area contributed by atoms with Gasteiger partial charge in [0.05, 0.1) is 13.2 Å². The fraction of sp³-hybridized carbons (Fsp3) is 0.294. The van der Waals surface area contributed by atoms with Crippen molar-refractivity contribution in [1.82, 2.24) is 4.90 Å². The number of aliphatic hydroxyl groups is 1. The number of hydrogen-bond acceptors (Lipinski definition) is 3. The third-order valence-corrected chi connectivity index (χ3v) is 4.17. The molecule has 1 atom stereocenters. The second-order valence-electron chi connectivity index (χ2n) is 5.22. The van der Waals surface area contributed by atoms with Crippen LogP contribution in [0, 0.1) is 0 Å². The van der Waals surface area contributed by atoms with Crippen LogP contribution in [0.5, 0.6) is 5.75 Å². The summed E-state index contributed by atoms with van der Waals surface area (Å²) in [5, 5.41) is 11.0. The van der Waals surface area contributed by atoms with Crippen molar-refractivity contribution in [1.29, 1.82) is 0 Å². The van der Waals surface area contributed by atoms with Crippen LogP contribution >= 0.6 is 27.5 Å². The van der Waals surface area contributed by atoms with Crippen LogP contribution in [0.1, 0.15) is 17.2 Å². The average Bonchev–Trinajstić information content (AvgIpc) is 2.48. The highest BCUT2D eigenvalue weighted by Gasteiger charge is 2.13. The number of rotatable bonds is 6. The van der Waals surface area contributed by atoms with E-state index in [0.29, 0.717) is 18.1 Å². The lowest BCUT2D eigenvalue weighted by atomic mass is 10.1. The molecule has 0 fully saturated rings. The molecule has 0 heterocycles. The maximum Gasteiger partial charge on any atom is 0.123 e. The van der Waals surface area contributed by atoms with Crippen molar-refractivity contribution in [2.24, 2.45) is 0 Å². The number of methoxy groups -OCH3 is 1. The number of aliphatic hydroxyl groups excluding tert-OH is 1. The summed E-state index contributed by atoms with van der Waals surface area (Å²) in [7, 11) is 3.63. The highest BCUT2D eigenvalue weighted by atomic mass is 79.9. The Morgan fingerprint density at radius 1 is 1.23 bits per heavy atom. The van der Waals surface area contributed by atoms with Crippen LogP contribution in [0.25, 0.3) is 0 Å². The molecule has 1 N–H and O–H groups in total. The molecule has 3 nitrogen and oxygen atoms in total. The van der Waals surface area contributed by atoms with E-state index in [1.54, 1.807) is 19.2 Å². The van der Waals surface area contributed by atoms with Crippen molar-refractivity contribution in [3.05, 3.63) is 63.1 Å². The summed E-state index contributed by atoms with van der Waals surface area (Å²) in [5.74, 6) is 0.844. The van der Waals surface area contributed by atoms with E-state index >= 15 is 0 Å². The first-order chi connectivity index (χ1) is 10.5. The van der Waals surface area contributed by atoms with Crippen LogP contribution in [0.4, 0.5) is 0 Å². The van der Waals surface area contributed by atoms with Gasteiger partial charge in [-0.3, -0.25) is 4.90 Å². The molecule has 2 rings (SSSR count). The van der Waals surface area contributed by atoms with Gasteiger partial charge in [0.15, 0.2) is 0 Å². The van der Waals surface area contributed by atoms with E-state index < -0.39 is 6.10 Å². The lowest BCUT2D eigenvalue weighted by Crippen LogP contribution is -2.24. The molecular weight excluding hydrogens is 366 g/mol. The summed E-state index contributed by atoms with van der Waals surface area (Å²) in [6.07, 6.45) is -0.555. The number of hydrogen-bond donors (Lipinski definition) is 1. The van der Waals surface area contributed by atoms with Gasteiger partial charge in [-0.1, -0.05) is 39.7 Å². The minimum atomic E-state index is -0.555. The van der Waals surface area contributed by atoms with Gasteiger partial charge in [0, 0.05) is 28.1 Å². The molecule has 5 heteroatoms. The van der Waals surface area contributed by atoms with Crippen molar-refractivity contribution in [3.63, 3.8) is 0 Å². The van der Waals surface area contributed by atoms with E-state index in [9.17, 15) is 5.11 Å². The largest absolute Gasteiger partial charge is 0.496 e. The van der Waals surface area contributed by atoms with Gasteiger partial charge in [0.25, 0.3) is 0 Å². The van der Waals surface area contributed by atoms with E-state index in [4.69, 9.17) is 16.3 Å². The van der Waals surface area contributed by atoms with Crippen molar-refractivity contribution < 1.29 is 9.84 Å². The Bertz CT molecular complexity index is 619. The van der Waals surface area contributed by atoms with Crippen LogP contribution in [-0.4, -0.2) is 30.7 Å². The SMILES string of the molecule is COc1ccc(Br)cc1CN(C)CC(O)c1ccc(Cl)cc1. The second-order valence-corrected chi connectivity index (χ2v) is 6.57. The van der Waals surface area contributed by atoms with Crippen LogP contribution in [0.2, 0.25) is 5.02 Å². The number of nitrogens with zero attached hydrogens (tertiary/aromatic N) is 1. The molecule has 1 unspecified atom stereocenters. The van der Waals surface area contributed by atoms with Crippen molar-refractivity contribution in [2.75, 3.05) is 20.7 Å². The van der Waals surface area contributed by atoms with Gasteiger partial charge >= 0.3 is 0 Å². The average molecular weight is 385 g/mol. The van der Waals surface area contributed by atoms with Crippen LogP contribution in [0.15, 0.2) is 46.9 Å². The second kappa shape index (κ2) is 7.97. The first kappa shape index (κ1) is 17.3. The molecule has 0 aliphatic rings. The van der Waals surface area contributed by atoms with Gasteiger partial charge in [-0.05, 0) is 42.9 Å². The maximum absolute atomic E-state index is 10.3. The Morgan fingerprint density at radius 2 is 1.91 bits per heavy atom. The van der Waals surface area contributed by atoms with Crippen molar-refractivity contribution in [3.8, 4) is 5.75 Å². The third kappa shape index (κ3) is 4.71. The smallest absolute Gasteiger partial charge is 0.123 e. The predicted molar refractivity (Wildman–Crippen MR) is 93.4 cm³/mol. The van der Waals surface area contributed by atoms with Gasteiger partial charge in [-0.15, -0.1) is 0 Å². The van der Waals surface area contributed by atoms with Crippen LogP contribution < -0.4 is 4.74 Å². The fourth-order valence-electron chi connectivity index (χ4n) is 2.31. The minimum absolute atomic E-state index is 0.525. The first-order valence-electron chi connectivity index (χ1n) is 6.94. The van der Waals surface area contributed by atoms with Gasteiger partial charge in [-0.25, -0.2) is 0 Å². The molecular formula is C17H19BrClNO2. The molecule has 0 radical (unpaired) electrons. The highest BCUT2D eigenvalue weighted by Crippen LogP contribution is 2.25. The molecule has 2 aromatic carbocycles. The van der Waals surface area contributed by atoms with Gasteiger partial charge in [0.2, 0.25) is 0 Å². The molecule has 0 spiro atoms. The number of benzene rings is 2. The maximum atomic E-state index is 10.3. The van der Waals surface area contributed by atoms with E-state index in [1.165, 1.54) is 0 Å². The van der Waals surface area contributed by atoms with Crippen LogP contribution in [-0.2, 0) is 6.54 Å². The third-order valence-electron chi connectivity index (χ3n) is 3.42. The quantitative estimate of drug-likeness (QED) is 0.807. The molecule has 2 aromatic rings. The Kier molecular flexibility index (Phi) is 6.26. The molecule has 0 bridgehead atoms. The first-order valence-corrected chi connectivity index (χ1v) is 8.11. The molecule has 0 aromatic heterocycles. The summed E-state index contributed by atoms with van der Waals surface area (Å²) in [4.78, 5) is 2.06. The topological polar surface area (TPSA) is 32.7 Å². The number of ether oxygens (including phenoxy) is 1.